The number of piperidine rings is 1. The summed E-state index contributed by atoms with van der Waals surface area (Å²) in [4.78, 5) is 18.3. The Bertz CT molecular complexity index is 472. The molecule has 1 aliphatic rings. The molecule has 1 aromatic rings. The number of amides is 2. The predicted octanol–water partition coefficient (Wildman–Crippen LogP) is 1.78. The summed E-state index contributed by atoms with van der Waals surface area (Å²) in [5, 5.41) is 2.89. The number of aryl methyl sites for hydroxylation is 1. The van der Waals surface area contributed by atoms with Crippen molar-refractivity contribution >= 4 is 6.03 Å². The van der Waals surface area contributed by atoms with Gasteiger partial charge in [0.25, 0.3) is 0 Å². The average Bonchev–Trinajstić information content (AvgIpc) is 2.81. The van der Waals surface area contributed by atoms with Gasteiger partial charge >= 0.3 is 6.03 Å². The van der Waals surface area contributed by atoms with E-state index in [1.807, 2.05) is 18.0 Å². The van der Waals surface area contributed by atoms with Crippen LogP contribution in [0.5, 0.6) is 0 Å². The van der Waals surface area contributed by atoms with Gasteiger partial charge < -0.3 is 19.5 Å². The van der Waals surface area contributed by atoms with Gasteiger partial charge in [-0.2, -0.15) is 0 Å². The lowest BCUT2D eigenvalue weighted by molar-refractivity contribution is 0.153. The molecule has 0 saturated carbocycles. The van der Waals surface area contributed by atoms with Crippen LogP contribution < -0.4 is 5.32 Å². The second-order valence-corrected chi connectivity index (χ2v) is 5.65. The largest absolute Gasteiger partial charge is 0.377 e. The first kappa shape index (κ1) is 15.8. The van der Waals surface area contributed by atoms with Crippen molar-refractivity contribution in [2.75, 3.05) is 26.7 Å². The van der Waals surface area contributed by atoms with Gasteiger partial charge in [-0.1, -0.05) is 0 Å². The smallest absolute Gasteiger partial charge is 0.317 e. The molecule has 2 rings (SSSR count). The second kappa shape index (κ2) is 7.45. The average molecular weight is 294 g/mol. The highest BCUT2D eigenvalue weighted by molar-refractivity contribution is 5.74. The molecule has 2 amide bonds. The van der Waals surface area contributed by atoms with Crippen LogP contribution in [-0.2, 0) is 17.9 Å². The zero-order valence-electron chi connectivity index (χ0n) is 13.3. The van der Waals surface area contributed by atoms with E-state index in [4.69, 9.17) is 4.74 Å². The number of carbonyl (C=O) groups excluding carboxylic acids is 1. The Morgan fingerprint density at radius 1 is 1.57 bits per heavy atom. The fourth-order valence-corrected chi connectivity index (χ4v) is 2.92. The van der Waals surface area contributed by atoms with Gasteiger partial charge in [0.05, 0.1) is 0 Å². The minimum Gasteiger partial charge on any atom is -0.377 e. The molecule has 0 radical (unpaired) electrons. The number of imidazole rings is 1. The van der Waals surface area contributed by atoms with Crippen molar-refractivity contribution in [3.8, 4) is 0 Å². The molecule has 1 atom stereocenters. The molecule has 1 N–H and O–H groups in total. The fraction of sp³-hybridized carbons (Fsp3) is 0.733. The number of nitrogens with one attached hydrogen (secondary N) is 1. The standard InChI is InChI=1S/C15H26N4O2/c1-4-16-15(20)18-7-5-6-13(9-18)10-19-12(2)8-17-14(19)11-21-3/h8,13H,4-7,9-11H2,1-3H3,(H,16,20). The molecule has 1 aromatic heterocycles. The number of hydrogen-bond donors (Lipinski definition) is 1. The van der Waals surface area contributed by atoms with Crippen LogP contribution in [0.15, 0.2) is 6.20 Å². The second-order valence-electron chi connectivity index (χ2n) is 5.65. The number of methoxy groups -OCH3 is 1. The van der Waals surface area contributed by atoms with Gasteiger partial charge in [0.15, 0.2) is 0 Å². The zero-order valence-corrected chi connectivity index (χ0v) is 13.3. The lowest BCUT2D eigenvalue weighted by Crippen LogP contribution is -2.46. The Labute approximate surface area is 126 Å². The SMILES string of the molecule is CCNC(=O)N1CCCC(Cn2c(C)cnc2COC)C1. The van der Waals surface area contributed by atoms with Crippen LogP contribution >= 0.6 is 0 Å². The molecule has 1 saturated heterocycles. The normalized spacial score (nSPS) is 18.8. The number of carbonyl (C=O) groups is 1. The molecule has 0 aliphatic carbocycles. The van der Waals surface area contributed by atoms with Crippen molar-refractivity contribution in [3.05, 3.63) is 17.7 Å². The summed E-state index contributed by atoms with van der Waals surface area (Å²) < 4.78 is 7.42. The van der Waals surface area contributed by atoms with Gasteiger partial charge in [0.1, 0.15) is 12.4 Å². The van der Waals surface area contributed by atoms with Crippen LogP contribution in [0.1, 0.15) is 31.3 Å². The van der Waals surface area contributed by atoms with Crippen LogP contribution in [0, 0.1) is 12.8 Å². The van der Waals surface area contributed by atoms with Gasteiger partial charge in [-0.15, -0.1) is 0 Å². The van der Waals surface area contributed by atoms with Gasteiger partial charge in [0.2, 0.25) is 0 Å². The summed E-state index contributed by atoms with van der Waals surface area (Å²) in [5.41, 5.74) is 1.15. The Morgan fingerprint density at radius 2 is 2.38 bits per heavy atom. The highest BCUT2D eigenvalue weighted by Crippen LogP contribution is 2.20. The van der Waals surface area contributed by atoms with Crippen LogP contribution in [0.2, 0.25) is 0 Å². The van der Waals surface area contributed by atoms with E-state index in [9.17, 15) is 4.79 Å². The van der Waals surface area contributed by atoms with Crippen molar-refractivity contribution in [1.82, 2.24) is 19.8 Å². The number of hydrogen-bond acceptors (Lipinski definition) is 3. The molecular formula is C15H26N4O2. The van der Waals surface area contributed by atoms with E-state index < -0.39 is 0 Å². The minimum atomic E-state index is 0.0571. The number of aromatic nitrogens is 2. The fourth-order valence-electron chi connectivity index (χ4n) is 2.92. The summed E-state index contributed by atoms with van der Waals surface area (Å²) in [7, 11) is 1.69. The number of urea groups is 1. The van der Waals surface area contributed by atoms with E-state index in [2.05, 4.69) is 21.8 Å². The van der Waals surface area contributed by atoms with Gasteiger partial charge in [0, 0.05) is 45.2 Å². The quantitative estimate of drug-likeness (QED) is 0.900. The van der Waals surface area contributed by atoms with Crippen molar-refractivity contribution in [3.63, 3.8) is 0 Å². The molecule has 1 aliphatic heterocycles. The number of likely N-dealkylation sites (tertiary alicyclic amines) is 1. The first-order valence-electron chi connectivity index (χ1n) is 7.68. The van der Waals surface area contributed by atoms with Crippen LogP contribution in [0.4, 0.5) is 4.79 Å². The molecule has 1 unspecified atom stereocenters. The number of rotatable bonds is 5. The maximum absolute atomic E-state index is 12.0. The van der Waals surface area contributed by atoms with Gasteiger partial charge in [-0.3, -0.25) is 0 Å². The summed E-state index contributed by atoms with van der Waals surface area (Å²) in [6, 6.07) is 0.0571. The molecule has 6 heteroatoms. The molecule has 1 fully saturated rings. The highest BCUT2D eigenvalue weighted by atomic mass is 16.5. The van der Waals surface area contributed by atoms with Crippen molar-refractivity contribution in [1.29, 1.82) is 0 Å². The van der Waals surface area contributed by atoms with Gasteiger partial charge in [-0.25, -0.2) is 9.78 Å². The Balaban J connectivity index is 1.99. The lowest BCUT2D eigenvalue weighted by Gasteiger charge is -2.33. The summed E-state index contributed by atoms with van der Waals surface area (Å²) in [6.45, 7) is 7.80. The minimum absolute atomic E-state index is 0.0571. The van der Waals surface area contributed by atoms with Gasteiger partial charge in [-0.05, 0) is 32.6 Å². The molecular weight excluding hydrogens is 268 g/mol. The molecule has 0 aromatic carbocycles. The first-order valence-corrected chi connectivity index (χ1v) is 7.68. The number of ether oxygens (including phenoxy) is 1. The van der Waals surface area contributed by atoms with E-state index in [0.29, 0.717) is 19.1 Å². The van der Waals surface area contributed by atoms with E-state index in [1.165, 1.54) is 0 Å². The Morgan fingerprint density at radius 3 is 3.10 bits per heavy atom. The summed E-state index contributed by atoms with van der Waals surface area (Å²) in [6.07, 6.45) is 4.11. The van der Waals surface area contributed by atoms with Crippen LogP contribution in [0.25, 0.3) is 0 Å². The Kier molecular flexibility index (Phi) is 5.61. The molecule has 2 heterocycles. The molecule has 118 valence electrons. The highest BCUT2D eigenvalue weighted by Gasteiger charge is 2.24. The van der Waals surface area contributed by atoms with Crippen molar-refractivity contribution < 1.29 is 9.53 Å². The lowest BCUT2D eigenvalue weighted by atomic mass is 9.98. The number of nitrogens with zero attached hydrogens (tertiary/aromatic N) is 3. The third kappa shape index (κ3) is 3.97. The van der Waals surface area contributed by atoms with Crippen molar-refractivity contribution in [2.45, 2.75) is 39.8 Å². The first-order chi connectivity index (χ1) is 10.2. The van der Waals surface area contributed by atoms with E-state index in [-0.39, 0.29) is 6.03 Å². The molecule has 21 heavy (non-hydrogen) atoms. The zero-order chi connectivity index (χ0) is 15.2. The van der Waals surface area contributed by atoms with E-state index in [1.54, 1.807) is 7.11 Å². The maximum atomic E-state index is 12.0. The third-order valence-corrected chi connectivity index (χ3v) is 3.99. The maximum Gasteiger partial charge on any atom is 0.317 e. The molecule has 0 bridgehead atoms. The predicted molar refractivity (Wildman–Crippen MR) is 81.0 cm³/mol. The molecule has 6 nitrogen and oxygen atoms in total. The summed E-state index contributed by atoms with van der Waals surface area (Å²) in [5.74, 6) is 1.44. The summed E-state index contributed by atoms with van der Waals surface area (Å²) >= 11 is 0. The van der Waals surface area contributed by atoms with E-state index >= 15 is 0 Å². The van der Waals surface area contributed by atoms with Crippen LogP contribution in [-0.4, -0.2) is 47.2 Å². The van der Waals surface area contributed by atoms with E-state index in [0.717, 1.165) is 44.0 Å². The third-order valence-electron chi connectivity index (χ3n) is 3.99. The topological polar surface area (TPSA) is 59.4 Å². The van der Waals surface area contributed by atoms with Crippen LogP contribution in [0.3, 0.4) is 0 Å². The Hall–Kier alpha value is -1.56. The monoisotopic (exact) mass is 294 g/mol. The van der Waals surface area contributed by atoms with Crippen molar-refractivity contribution in [2.24, 2.45) is 5.92 Å². The molecule has 0 spiro atoms.